The first-order chi connectivity index (χ1) is 11.7. The predicted molar refractivity (Wildman–Crippen MR) is 90.3 cm³/mol. The molecule has 1 heterocycles. The van der Waals surface area contributed by atoms with E-state index in [1.807, 2.05) is 30.3 Å². The number of imide groups is 1. The van der Waals surface area contributed by atoms with Gasteiger partial charge in [0.25, 0.3) is 11.8 Å². The van der Waals surface area contributed by atoms with Gasteiger partial charge in [-0.1, -0.05) is 54.3 Å². The van der Waals surface area contributed by atoms with E-state index in [1.165, 1.54) is 4.90 Å². The summed E-state index contributed by atoms with van der Waals surface area (Å²) in [7, 11) is 0. The molecule has 4 heteroatoms. The van der Waals surface area contributed by atoms with Crippen LogP contribution in [0.1, 0.15) is 33.2 Å². The number of benzene rings is 2. The van der Waals surface area contributed by atoms with Crippen LogP contribution in [0.15, 0.2) is 54.6 Å². The Morgan fingerprint density at radius 2 is 1.54 bits per heavy atom. The van der Waals surface area contributed by atoms with Crippen LogP contribution in [0.25, 0.3) is 0 Å². The summed E-state index contributed by atoms with van der Waals surface area (Å²) in [6.07, 6.45) is 0. The molecule has 0 unspecified atom stereocenters. The van der Waals surface area contributed by atoms with E-state index >= 15 is 0 Å². The third-order valence-electron chi connectivity index (χ3n) is 3.81. The van der Waals surface area contributed by atoms with Crippen molar-refractivity contribution in [3.8, 4) is 11.8 Å². The third-order valence-corrected chi connectivity index (χ3v) is 3.81. The van der Waals surface area contributed by atoms with E-state index in [1.54, 1.807) is 31.2 Å². The first-order valence-corrected chi connectivity index (χ1v) is 7.75. The summed E-state index contributed by atoms with van der Waals surface area (Å²) in [6.45, 7) is 2.48. The molecule has 1 atom stereocenters. The van der Waals surface area contributed by atoms with Gasteiger partial charge in [0.15, 0.2) is 0 Å². The highest BCUT2D eigenvalue weighted by molar-refractivity contribution is 6.21. The second-order valence-corrected chi connectivity index (χ2v) is 5.50. The van der Waals surface area contributed by atoms with Gasteiger partial charge in [0.05, 0.1) is 23.8 Å². The first kappa shape index (κ1) is 16.0. The number of amides is 2. The fraction of sp³-hybridized carbons (Fsp3) is 0.200. The van der Waals surface area contributed by atoms with Crippen molar-refractivity contribution in [2.45, 2.75) is 19.6 Å². The first-order valence-electron chi connectivity index (χ1n) is 7.75. The van der Waals surface area contributed by atoms with E-state index in [0.717, 1.165) is 5.56 Å². The van der Waals surface area contributed by atoms with Crippen molar-refractivity contribution in [3.05, 3.63) is 71.3 Å². The van der Waals surface area contributed by atoms with Gasteiger partial charge in [-0.15, -0.1) is 0 Å². The van der Waals surface area contributed by atoms with Crippen molar-refractivity contribution in [1.29, 1.82) is 0 Å². The molecule has 2 aromatic carbocycles. The lowest BCUT2D eigenvalue weighted by molar-refractivity contribution is 0.0630. The Kier molecular flexibility index (Phi) is 4.74. The van der Waals surface area contributed by atoms with E-state index in [-0.39, 0.29) is 18.4 Å². The summed E-state index contributed by atoms with van der Waals surface area (Å²) in [4.78, 5) is 25.9. The Morgan fingerprint density at radius 1 is 0.958 bits per heavy atom. The SMILES string of the molecule is C[C@H](C#CCOCc1ccccc1)N1C(=O)c2ccccc2C1=O. The maximum atomic E-state index is 12.3. The van der Waals surface area contributed by atoms with Crippen LogP contribution in [0, 0.1) is 11.8 Å². The van der Waals surface area contributed by atoms with E-state index in [2.05, 4.69) is 11.8 Å². The zero-order valence-corrected chi connectivity index (χ0v) is 13.4. The summed E-state index contributed by atoms with van der Waals surface area (Å²) in [6, 6.07) is 16.2. The number of fused-ring (bicyclic) bond motifs is 1. The zero-order valence-electron chi connectivity index (χ0n) is 13.4. The normalized spacial score (nSPS) is 14.1. The lowest BCUT2D eigenvalue weighted by Gasteiger charge is -2.17. The number of hydrogen-bond acceptors (Lipinski definition) is 3. The van der Waals surface area contributed by atoms with Crippen molar-refractivity contribution in [2.24, 2.45) is 0 Å². The maximum absolute atomic E-state index is 12.3. The highest BCUT2D eigenvalue weighted by atomic mass is 16.5. The average Bonchev–Trinajstić information content (AvgIpc) is 2.87. The van der Waals surface area contributed by atoms with Crippen LogP contribution in [-0.4, -0.2) is 29.4 Å². The number of hydrogen-bond donors (Lipinski definition) is 0. The molecule has 0 bridgehead atoms. The standard InChI is InChI=1S/C20H17NO3/c1-15(8-7-13-24-14-16-9-3-2-4-10-16)21-19(22)17-11-5-6-12-18(17)20(21)23/h2-6,9-12,15H,13-14H2,1H3/t15-/m1/s1. The van der Waals surface area contributed by atoms with Gasteiger partial charge in [0, 0.05) is 0 Å². The largest absolute Gasteiger partial charge is 0.364 e. The van der Waals surface area contributed by atoms with E-state index < -0.39 is 6.04 Å². The fourth-order valence-electron chi connectivity index (χ4n) is 2.61. The van der Waals surface area contributed by atoms with Crippen molar-refractivity contribution in [2.75, 3.05) is 6.61 Å². The van der Waals surface area contributed by atoms with Gasteiger partial charge >= 0.3 is 0 Å². The van der Waals surface area contributed by atoms with Crippen molar-refractivity contribution >= 4 is 11.8 Å². The minimum absolute atomic E-state index is 0.252. The molecule has 3 rings (SSSR count). The van der Waals surface area contributed by atoms with Crippen LogP contribution < -0.4 is 0 Å². The molecule has 0 aromatic heterocycles. The number of carbonyl (C=O) groups is 2. The highest BCUT2D eigenvalue weighted by Gasteiger charge is 2.37. The summed E-state index contributed by atoms with van der Waals surface area (Å²) in [5.74, 6) is 5.22. The van der Waals surface area contributed by atoms with Crippen molar-refractivity contribution < 1.29 is 14.3 Å². The van der Waals surface area contributed by atoms with Crippen molar-refractivity contribution in [3.63, 3.8) is 0 Å². The van der Waals surface area contributed by atoms with E-state index in [0.29, 0.717) is 17.7 Å². The highest BCUT2D eigenvalue weighted by Crippen LogP contribution is 2.24. The molecule has 0 spiro atoms. The van der Waals surface area contributed by atoms with Gasteiger partial charge in [-0.25, -0.2) is 0 Å². The Balaban J connectivity index is 1.57. The summed E-state index contributed by atoms with van der Waals surface area (Å²) < 4.78 is 5.49. The molecular weight excluding hydrogens is 302 g/mol. The maximum Gasteiger partial charge on any atom is 0.262 e. The number of rotatable bonds is 4. The molecule has 0 fully saturated rings. The molecule has 4 nitrogen and oxygen atoms in total. The van der Waals surface area contributed by atoms with Gasteiger partial charge < -0.3 is 4.74 Å². The monoisotopic (exact) mass is 319 g/mol. The molecule has 1 aliphatic rings. The van der Waals surface area contributed by atoms with Gasteiger partial charge in [-0.05, 0) is 24.6 Å². The van der Waals surface area contributed by atoms with E-state index in [9.17, 15) is 9.59 Å². The second kappa shape index (κ2) is 7.12. The Hall–Kier alpha value is -2.90. The summed E-state index contributed by atoms with van der Waals surface area (Å²) >= 11 is 0. The summed E-state index contributed by atoms with van der Waals surface area (Å²) in [5, 5.41) is 0. The van der Waals surface area contributed by atoms with Crippen LogP contribution in [-0.2, 0) is 11.3 Å². The van der Waals surface area contributed by atoms with Crippen LogP contribution in [0.2, 0.25) is 0 Å². The van der Waals surface area contributed by atoms with E-state index in [4.69, 9.17) is 4.74 Å². The van der Waals surface area contributed by atoms with Crippen LogP contribution >= 0.6 is 0 Å². The predicted octanol–water partition coefficient (Wildman–Crippen LogP) is 2.89. The molecule has 0 aliphatic carbocycles. The third kappa shape index (κ3) is 3.22. The molecule has 2 amide bonds. The number of carbonyl (C=O) groups excluding carboxylic acids is 2. The smallest absolute Gasteiger partial charge is 0.262 e. The molecule has 0 saturated heterocycles. The second-order valence-electron chi connectivity index (χ2n) is 5.50. The lowest BCUT2D eigenvalue weighted by Crippen LogP contribution is -2.37. The van der Waals surface area contributed by atoms with Crippen LogP contribution in [0.4, 0.5) is 0 Å². The molecule has 120 valence electrons. The molecule has 2 aromatic rings. The number of ether oxygens (including phenoxy) is 1. The van der Waals surface area contributed by atoms with Gasteiger partial charge in [-0.2, -0.15) is 0 Å². The lowest BCUT2D eigenvalue weighted by atomic mass is 10.1. The minimum Gasteiger partial charge on any atom is -0.364 e. The Morgan fingerprint density at radius 3 is 2.17 bits per heavy atom. The Bertz CT molecular complexity index is 783. The Labute approximate surface area is 141 Å². The minimum atomic E-state index is -0.488. The molecule has 0 saturated carbocycles. The molecule has 24 heavy (non-hydrogen) atoms. The van der Waals surface area contributed by atoms with Gasteiger partial charge in [0.1, 0.15) is 6.61 Å². The quantitative estimate of drug-likeness (QED) is 0.494. The molecular formula is C20H17NO3. The van der Waals surface area contributed by atoms with Crippen LogP contribution in [0.3, 0.4) is 0 Å². The average molecular weight is 319 g/mol. The summed E-state index contributed by atoms with van der Waals surface area (Å²) in [5.41, 5.74) is 1.96. The molecule has 1 aliphatic heterocycles. The van der Waals surface area contributed by atoms with Gasteiger partial charge in [-0.3, -0.25) is 14.5 Å². The fourth-order valence-corrected chi connectivity index (χ4v) is 2.61. The van der Waals surface area contributed by atoms with Crippen LogP contribution in [0.5, 0.6) is 0 Å². The van der Waals surface area contributed by atoms with Crippen molar-refractivity contribution in [1.82, 2.24) is 4.90 Å². The zero-order chi connectivity index (χ0) is 16.9. The molecule has 0 N–H and O–H groups in total. The topological polar surface area (TPSA) is 46.6 Å². The number of nitrogens with zero attached hydrogens (tertiary/aromatic N) is 1. The molecule has 0 radical (unpaired) electrons. The van der Waals surface area contributed by atoms with Gasteiger partial charge in [0.2, 0.25) is 0 Å².